The Hall–Kier alpha value is 5.25. The zero-order chi connectivity index (χ0) is 15.0. The van der Waals surface area contributed by atoms with Gasteiger partial charge in [-0.15, -0.1) is 0 Å². The molecule has 0 nitrogen and oxygen atoms in total. The lowest BCUT2D eigenvalue weighted by atomic mass is 10.2. The van der Waals surface area contributed by atoms with Crippen molar-refractivity contribution in [2.24, 2.45) is 5.92 Å². The van der Waals surface area contributed by atoms with Gasteiger partial charge in [-0.3, -0.25) is 0 Å². The molecule has 3 saturated heterocycles. The highest BCUT2D eigenvalue weighted by Crippen LogP contribution is 2.65. The Balaban J connectivity index is 1.72. The average molecular weight is 575 g/mol. The van der Waals surface area contributed by atoms with Crippen molar-refractivity contribution in [1.29, 1.82) is 0 Å². The molecule has 0 amide bonds. The second-order valence-electron chi connectivity index (χ2n) is 3.52. The second kappa shape index (κ2) is 13.5. The van der Waals surface area contributed by atoms with Gasteiger partial charge in [-0.1, -0.05) is 130 Å². The molecule has 22 heavy (non-hydrogen) atoms. The summed E-state index contributed by atoms with van der Waals surface area (Å²) in [6.45, 7) is 0. The van der Waals surface area contributed by atoms with Gasteiger partial charge >= 0.3 is 0 Å². The largest absolute Gasteiger partial charge is 0.0811 e. The zero-order valence-corrected chi connectivity index (χ0v) is 22.8. The van der Waals surface area contributed by atoms with Gasteiger partial charge in [0.1, 0.15) is 0 Å². The van der Waals surface area contributed by atoms with Crippen molar-refractivity contribution in [3.8, 4) is 0 Å². The molecule has 0 aromatic rings. The summed E-state index contributed by atoms with van der Waals surface area (Å²) in [6, 6.07) is 0. The van der Waals surface area contributed by atoms with E-state index in [-0.39, 0.29) is 0 Å². The predicted molar refractivity (Wildman–Crippen MR) is 143 cm³/mol. The molecule has 0 aliphatic carbocycles. The summed E-state index contributed by atoms with van der Waals surface area (Å²) in [6.07, 6.45) is 0. The van der Waals surface area contributed by atoms with Crippen molar-refractivity contribution in [3.05, 3.63) is 0 Å². The van der Waals surface area contributed by atoms with Crippen LogP contribution in [0.25, 0.3) is 0 Å². The topological polar surface area (TPSA) is 0 Å². The standard InChI is InChI=1S/C7H10S15/c1-8-14-5(17-20-11-1)4(6-15-9-2-12-21-18-6)7-16-10-3-13-22-19-7/h4-7H,1-3H2. The molecule has 0 bridgehead atoms. The summed E-state index contributed by atoms with van der Waals surface area (Å²) in [5.74, 6) is 0.732. The van der Waals surface area contributed by atoms with Crippen LogP contribution >= 0.6 is 159 Å². The first-order chi connectivity index (χ1) is 10.9. The van der Waals surface area contributed by atoms with E-state index in [0.717, 1.165) is 5.92 Å². The maximum Gasteiger partial charge on any atom is 0.0784 e. The summed E-state index contributed by atoms with van der Waals surface area (Å²) in [7, 11) is 30.9. The second-order valence-corrected chi connectivity index (χ2v) is 25.9. The van der Waals surface area contributed by atoms with Gasteiger partial charge in [-0.05, 0) is 29.5 Å². The molecule has 3 rings (SSSR count). The van der Waals surface area contributed by atoms with Crippen LogP contribution in [0.2, 0.25) is 0 Å². The highest BCUT2D eigenvalue weighted by molar-refractivity contribution is 9.14. The van der Waals surface area contributed by atoms with E-state index < -0.39 is 0 Å². The summed E-state index contributed by atoms with van der Waals surface area (Å²) in [5.41, 5.74) is 0. The first-order valence-corrected chi connectivity index (χ1v) is 23.9. The van der Waals surface area contributed by atoms with E-state index in [0.29, 0.717) is 13.7 Å². The molecule has 0 aromatic heterocycles. The van der Waals surface area contributed by atoms with Crippen molar-refractivity contribution in [2.45, 2.75) is 13.7 Å². The third-order valence-electron chi connectivity index (χ3n) is 2.27. The van der Waals surface area contributed by atoms with Gasteiger partial charge in [0.05, 0.1) is 29.0 Å². The minimum Gasteiger partial charge on any atom is -0.0811 e. The molecule has 15 heteroatoms. The van der Waals surface area contributed by atoms with Crippen molar-refractivity contribution in [3.63, 3.8) is 0 Å². The molecule has 128 valence electrons. The quantitative estimate of drug-likeness (QED) is 0.293. The van der Waals surface area contributed by atoms with Crippen molar-refractivity contribution >= 4 is 159 Å². The molecule has 0 spiro atoms. The monoisotopic (exact) mass is 574 g/mol. The maximum atomic E-state index is 2.13. The highest BCUT2D eigenvalue weighted by Gasteiger charge is 2.41. The lowest BCUT2D eigenvalue weighted by molar-refractivity contribution is 0.703. The van der Waals surface area contributed by atoms with E-state index in [1.807, 2.05) is 61.9 Å². The van der Waals surface area contributed by atoms with Crippen molar-refractivity contribution in [1.82, 2.24) is 0 Å². The third-order valence-corrected chi connectivity index (χ3v) is 28.9. The fourth-order valence-corrected chi connectivity index (χ4v) is 33.9. The molecule has 3 heterocycles. The van der Waals surface area contributed by atoms with Crippen molar-refractivity contribution in [2.75, 3.05) is 15.3 Å². The number of rotatable bonds is 3. The van der Waals surface area contributed by atoms with E-state index in [9.17, 15) is 0 Å². The Morgan fingerprint density at radius 3 is 1.18 bits per heavy atom. The fourth-order valence-electron chi connectivity index (χ4n) is 1.42. The lowest BCUT2D eigenvalue weighted by Gasteiger charge is -2.33. The van der Waals surface area contributed by atoms with Gasteiger partial charge in [0.15, 0.2) is 0 Å². The SMILES string of the molecule is C1SSSC(C(C2SSCSSS2)C2SSCSSS2)SS1. The Morgan fingerprint density at radius 2 is 0.818 bits per heavy atom. The van der Waals surface area contributed by atoms with Crippen molar-refractivity contribution < 1.29 is 0 Å². The van der Waals surface area contributed by atoms with Gasteiger partial charge < -0.3 is 0 Å². The van der Waals surface area contributed by atoms with Gasteiger partial charge in [-0.25, -0.2) is 0 Å². The van der Waals surface area contributed by atoms with Crippen LogP contribution in [0.5, 0.6) is 0 Å². The molecule has 3 atom stereocenters. The van der Waals surface area contributed by atoms with E-state index in [4.69, 9.17) is 0 Å². The van der Waals surface area contributed by atoms with Crippen LogP contribution in [0.15, 0.2) is 0 Å². The molecule has 3 unspecified atom stereocenters. The zero-order valence-electron chi connectivity index (χ0n) is 10.6. The van der Waals surface area contributed by atoms with Crippen LogP contribution < -0.4 is 0 Å². The molecule has 3 fully saturated rings. The molecule has 0 N–H and O–H groups in total. The predicted octanol–water partition coefficient (Wildman–Crippen LogP) is 9.73. The molecule has 3 aliphatic rings. The highest BCUT2D eigenvalue weighted by atomic mass is 33.5. The summed E-state index contributed by atoms with van der Waals surface area (Å²) < 4.78 is 2.07. The smallest absolute Gasteiger partial charge is 0.0784 e. The van der Waals surface area contributed by atoms with E-state index >= 15 is 0 Å². The third kappa shape index (κ3) is 7.58. The molecule has 0 radical (unpaired) electrons. The molecular weight excluding hydrogens is 565 g/mol. The fraction of sp³-hybridized carbons (Fsp3) is 1.00. The first-order valence-electron chi connectivity index (χ1n) is 5.65. The van der Waals surface area contributed by atoms with Crippen LogP contribution in [0.1, 0.15) is 0 Å². The van der Waals surface area contributed by atoms with Crippen LogP contribution in [0.3, 0.4) is 0 Å². The average Bonchev–Trinajstić information content (AvgIpc) is 3.04. The van der Waals surface area contributed by atoms with E-state index in [1.165, 1.54) is 15.3 Å². The van der Waals surface area contributed by atoms with Crippen LogP contribution in [-0.2, 0) is 0 Å². The molecule has 0 aromatic carbocycles. The lowest BCUT2D eigenvalue weighted by Crippen LogP contribution is -2.29. The van der Waals surface area contributed by atoms with Gasteiger partial charge in [-0.2, -0.15) is 0 Å². The van der Waals surface area contributed by atoms with Crippen LogP contribution in [0, 0.1) is 5.92 Å². The summed E-state index contributed by atoms with van der Waals surface area (Å²) >= 11 is 0. The minimum absolute atomic E-state index is 0.689. The van der Waals surface area contributed by atoms with E-state index in [2.05, 4.69) is 97.1 Å². The minimum atomic E-state index is 0.689. The Bertz CT molecular complexity index is 243. The van der Waals surface area contributed by atoms with E-state index in [1.54, 1.807) is 0 Å². The Labute approximate surface area is 190 Å². The molecule has 3 aliphatic heterocycles. The van der Waals surface area contributed by atoms with Gasteiger partial charge in [0.25, 0.3) is 0 Å². The number of hydrogen-bond acceptors (Lipinski definition) is 15. The number of hydrogen-bond donors (Lipinski definition) is 0. The Kier molecular flexibility index (Phi) is 13.4. The van der Waals surface area contributed by atoms with Crippen LogP contribution in [-0.4, -0.2) is 29.0 Å². The molecular formula is C7H10S15. The Morgan fingerprint density at radius 1 is 0.455 bits per heavy atom. The summed E-state index contributed by atoms with van der Waals surface area (Å²) in [5, 5.41) is 3.63. The van der Waals surface area contributed by atoms with Gasteiger partial charge in [0.2, 0.25) is 0 Å². The van der Waals surface area contributed by atoms with Crippen LogP contribution in [0.4, 0.5) is 0 Å². The van der Waals surface area contributed by atoms with Gasteiger partial charge in [0, 0.05) is 5.92 Å². The first kappa shape index (κ1) is 21.9. The summed E-state index contributed by atoms with van der Waals surface area (Å²) in [4.78, 5) is 0. The molecule has 0 saturated carbocycles. The maximum absolute atomic E-state index is 2.13. The normalized spacial score (nSPS) is 36.8.